The van der Waals surface area contributed by atoms with Crippen molar-refractivity contribution in [3.63, 3.8) is 0 Å². The van der Waals surface area contributed by atoms with E-state index in [1.54, 1.807) is 16.8 Å². The van der Waals surface area contributed by atoms with E-state index in [2.05, 4.69) is 4.98 Å². The molecule has 3 aromatic rings. The molecule has 1 unspecified atom stereocenters. The zero-order valence-corrected chi connectivity index (χ0v) is 11.4. The number of thiazole rings is 1. The molecule has 0 saturated carbocycles. The lowest BCUT2D eigenvalue weighted by molar-refractivity contribution is 0.0966. The third-order valence-electron chi connectivity index (χ3n) is 3.31. The van der Waals surface area contributed by atoms with E-state index in [1.165, 1.54) is 0 Å². The summed E-state index contributed by atoms with van der Waals surface area (Å²) in [6.07, 6.45) is 0. The molecule has 3 heteroatoms. The van der Waals surface area contributed by atoms with Gasteiger partial charge >= 0.3 is 0 Å². The number of nitrogens with zero attached hydrogens (tertiary/aromatic N) is 1. The second-order valence-electron chi connectivity index (χ2n) is 4.53. The summed E-state index contributed by atoms with van der Waals surface area (Å²) in [7, 11) is 0. The van der Waals surface area contributed by atoms with Crippen molar-refractivity contribution in [2.75, 3.05) is 0 Å². The first-order valence-corrected chi connectivity index (χ1v) is 7.06. The van der Waals surface area contributed by atoms with Crippen LogP contribution in [0, 0.1) is 0 Å². The fourth-order valence-corrected chi connectivity index (χ4v) is 2.81. The van der Waals surface area contributed by atoms with Crippen LogP contribution < -0.4 is 0 Å². The van der Waals surface area contributed by atoms with Gasteiger partial charge in [-0.2, -0.15) is 0 Å². The minimum Gasteiger partial charge on any atom is -0.294 e. The molecule has 19 heavy (non-hydrogen) atoms. The minimum atomic E-state index is -0.128. The molecule has 2 nitrogen and oxygen atoms in total. The quantitative estimate of drug-likeness (QED) is 0.663. The second-order valence-corrected chi connectivity index (χ2v) is 5.42. The topological polar surface area (TPSA) is 30.0 Å². The van der Waals surface area contributed by atoms with E-state index < -0.39 is 0 Å². The number of rotatable bonds is 3. The Morgan fingerprint density at radius 2 is 1.95 bits per heavy atom. The Kier molecular flexibility index (Phi) is 3.13. The molecule has 0 amide bonds. The molecular formula is C16H13NOS. The molecule has 0 radical (unpaired) electrons. The average Bonchev–Trinajstić information content (AvgIpc) is 2.94. The van der Waals surface area contributed by atoms with E-state index >= 15 is 0 Å². The van der Waals surface area contributed by atoms with E-state index in [0.717, 1.165) is 21.3 Å². The smallest absolute Gasteiger partial charge is 0.170 e. The van der Waals surface area contributed by atoms with Gasteiger partial charge in [-0.3, -0.25) is 4.79 Å². The molecule has 1 atom stereocenters. The number of fused-ring (bicyclic) bond motifs is 1. The number of hydrogen-bond donors (Lipinski definition) is 0. The highest BCUT2D eigenvalue weighted by Crippen LogP contribution is 2.24. The third kappa shape index (κ3) is 2.29. The van der Waals surface area contributed by atoms with Gasteiger partial charge in [0.15, 0.2) is 5.78 Å². The van der Waals surface area contributed by atoms with Crippen LogP contribution in [-0.4, -0.2) is 10.8 Å². The van der Waals surface area contributed by atoms with Gasteiger partial charge < -0.3 is 0 Å². The summed E-state index contributed by atoms with van der Waals surface area (Å²) in [5, 5.41) is 0. The van der Waals surface area contributed by atoms with Crippen LogP contribution in [0.4, 0.5) is 0 Å². The van der Waals surface area contributed by atoms with Crippen molar-refractivity contribution in [3.8, 4) is 0 Å². The van der Waals surface area contributed by atoms with Crippen LogP contribution in [0.5, 0.6) is 0 Å². The van der Waals surface area contributed by atoms with Crippen LogP contribution in [0.15, 0.2) is 54.0 Å². The van der Waals surface area contributed by atoms with Crippen molar-refractivity contribution < 1.29 is 4.79 Å². The molecule has 1 heterocycles. The van der Waals surface area contributed by atoms with Crippen molar-refractivity contribution in [1.82, 2.24) is 4.98 Å². The normalized spacial score (nSPS) is 12.5. The lowest BCUT2D eigenvalue weighted by Crippen LogP contribution is -2.09. The van der Waals surface area contributed by atoms with Gasteiger partial charge in [-0.15, -0.1) is 11.3 Å². The Labute approximate surface area is 115 Å². The molecule has 0 fully saturated rings. The summed E-state index contributed by atoms with van der Waals surface area (Å²) in [4.78, 5) is 16.7. The molecule has 2 aromatic carbocycles. The zero-order chi connectivity index (χ0) is 13.2. The van der Waals surface area contributed by atoms with Crippen LogP contribution >= 0.6 is 11.3 Å². The second kappa shape index (κ2) is 4.94. The Morgan fingerprint density at radius 3 is 2.74 bits per heavy atom. The minimum absolute atomic E-state index is 0.128. The maximum atomic E-state index is 12.5. The molecule has 0 bridgehead atoms. The Hall–Kier alpha value is -2.00. The Balaban J connectivity index is 1.95. The molecule has 1 aromatic heterocycles. The fourth-order valence-electron chi connectivity index (χ4n) is 2.15. The summed E-state index contributed by atoms with van der Waals surface area (Å²) in [5.41, 5.74) is 4.48. The summed E-state index contributed by atoms with van der Waals surface area (Å²) in [6, 6.07) is 15.6. The maximum Gasteiger partial charge on any atom is 0.170 e. The highest BCUT2D eigenvalue weighted by Gasteiger charge is 2.17. The first kappa shape index (κ1) is 12.1. The summed E-state index contributed by atoms with van der Waals surface area (Å²) >= 11 is 1.59. The predicted molar refractivity (Wildman–Crippen MR) is 78.8 cm³/mol. The standard InChI is InChI=1S/C16H13NOS/c1-11(12-5-3-2-4-6-12)16(18)13-7-8-15-14(9-13)17-10-19-15/h2-11H,1H3. The third-order valence-corrected chi connectivity index (χ3v) is 4.12. The Bertz CT molecular complexity index is 718. The summed E-state index contributed by atoms with van der Waals surface area (Å²) in [5.74, 6) is 0.0124. The lowest BCUT2D eigenvalue weighted by Gasteiger charge is -2.10. The van der Waals surface area contributed by atoms with Gasteiger partial charge in [0, 0.05) is 11.5 Å². The first-order valence-electron chi connectivity index (χ1n) is 6.18. The van der Waals surface area contributed by atoms with Crippen molar-refractivity contribution in [3.05, 3.63) is 65.2 Å². The van der Waals surface area contributed by atoms with Crippen LogP contribution in [0.3, 0.4) is 0 Å². The van der Waals surface area contributed by atoms with E-state index in [1.807, 2.05) is 55.5 Å². The molecular weight excluding hydrogens is 254 g/mol. The molecule has 0 aliphatic rings. The Morgan fingerprint density at radius 1 is 1.16 bits per heavy atom. The fraction of sp³-hybridized carbons (Fsp3) is 0.125. The van der Waals surface area contributed by atoms with E-state index in [9.17, 15) is 4.79 Å². The number of carbonyl (C=O) groups is 1. The molecule has 0 spiro atoms. The van der Waals surface area contributed by atoms with Gasteiger partial charge in [0.25, 0.3) is 0 Å². The summed E-state index contributed by atoms with van der Waals surface area (Å²) in [6.45, 7) is 1.95. The molecule has 94 valence electrons. The van der Waals surface area contributed by atoms with Gasteiger partial charge in [0.1, 0.15) is 0 Å². The van der Waals surface area contributed by atoms with Crippen LogP contribution in [0.1, 0.15) is 28.8 Å². The average molecular weight is 267 g/mol. The van der Waals surface area contributed by atoms with Crippen molar-refractivity contribution >= 4 is 27.3 Å². The van der Waals surface area contributed by atoms with Crippen LogP contribution in [0.25, 0.3) is 10.2 Å². The maximum absolute atomic E-state index is 12.5. The van der Waals surface area contributed by atoms with E-state index in [4.69, 9.17) is 0 Å². The monoisotopic (exact) mass is 267 g/mol. The van der Waals surface area contributed by atoms with Crippen LogP contribution in [0.2, 0.25) is 0 Å². The van der Waals surface area contributed by atoms with Crippen LogP contribution in [-0.2, 0) is 0 Å². The molecule has 0 aliphatic carbocycles. The number of carbonyl (C=O) groups excluding carboxylic acids is 1. The van der Waals surface area contributed by atoms with Gasteiger partial charge in [0.05, 0.1) is 15.7 Å². The first-order chi connectivity index (χ1) is 9.25. The highest BCUT2D eigenvalue weighted by atomic mass is 32.1. The number of benzene rings is 2. The highest BCUT2D eigenvalue weighted by molar-refractivity contribution is 7.16. The van der Waals surface area contributed by atoms with Gasteiger partial charge in [-0.25, -0.2) is 4.98 Å². The van der Waals surface area contributed by atoms with Crippen molar-refractivity contribution in [2.45, 2.75) is 12.8 Å². The zero-order valence-electron chi connectivity index (χ0n) is 10.5. The number of aromatic nitrogens is 1. The number of hydrogen-bond acceptors (Lipinski definition) is 3. The van der Waals surface area contributed by atoms with Gasteiger partial charge in [-0.05, 0) is 23.8 Å². The van der Waals surface area contributed by atoms with Crippen molar-refractivity contribution in [2.24, 2.45) is 0 Å². The molecule has 0 aliphatic heterocycles. The molecule has 0 saturated heterocycles. The predicted octanol–water partition coefficient (Wildman–Crippen LogP) is 4.28. The molecule has 0 N–H and O–H groups in total. The number of ketones is 1. The van der Waals surface area contributed by atoms with E-state index in [-0.39, 0.29) is 11.7 Å². The van der Waals surface area contributed by atoms with Gasteiger partial charge in [0.2, 0.25) is 0 Å². The molecule has 3 rings (SSSR count). The SMILES string of the molecule is CC(C(=O)c1ccc2scnc2c1)c1ccccc1. The number of Topliss-reactive ketones (excluding diaryl/α,β-unsaturated/α-hetero) is 1. The largest absolute Gasteiger partial charge is 0.294 e. The lowest BCUT2D eigenvalue weighted by atomic mass is 9.92. The van der Waals surface area contributed by atoms with E-state index in [0.29, 0.717) is 0 Å². The summed E-state index contributed by atoms with van der Waals surface area (Å²) < 4.78 is 1.11. The van der Waals surface area contributed by atoms with Gasteiger partial charge in [-0.1, -0.05) is 37.3 Å². The van der Waals surface area contributed by atoms with Crippen molar-refractivity contribution in [1.29, 1.82) is 0 Å².